The van der Waals surface area contributed by atoms with E-state index in [9.17, 15) is 34.5 Å². The highest BCUT2D eigenvalue weighted by atomic mass is 16.6. The lowest BCUT2D eigenvalue weighted by molar-refractivity contribution is -0.189. The molecule has 5 rings (SSSR count). The Morgan fingerprint density at radius 2 is 1.90 bits per heavy atom. The number of phenols is 1. The molecule has 1 spiro atoms. The zero-order valence-corrected chi connectivity index (χ0v) is 21.4. The standard InChI is InChI=1S/C26H29NO12/c1-11(22(31)32)36-24(34)20(37-12(2)28)18(30)23(33)38-15-6-7-26(35)16-10-13-4-5-14(29)19-17(13)25(26,21(15)39-19)8-9-27(16)3/h4-6,11,16,18,20-21,29-30,35H,7-10H2,1-3H3,(H,31,32)/t11-,16+,18+,20+,21-,25-,26+/m0/s1. The summed E-state index contributed by atoms with van der Waals surface area (Å²) in [5.74, 6) is -5.38. The van der Waals surface area contributed by atoms with Gasteiger partial charge in [0.2, 0.25) is 6.10 Å². The molecule has 1 aromatic rings. The van der Waals surface area contributed by atoms with Crippen LogP contribution in [0, 0.1) is 0 Å². The van der Waals surface area contributed by atoms with Crippen molar-refractivity contribution in [3.05, 3.63) is 35.1 Å². The number of ether oxygens (including phenoxy) is 4. The normalized spacial score (nSPS) is 30.5. The van der Waals surface area contributed by atoms with Crippen molar-refractivity contribution < 1.29 is 58.6 Å². The van der Waals surface area contributed by atoms with Gasteiger partial charge < -0.3 is 44.3 Å². The topological polar surface area (TPSA) is 189 Å². The minimum absolute atomic E-state index is 0.0516. The Kier molecular flexibility index (Phi) is 6.35. The van der Waals surface area contributed by atoms with Gasteiger partial charge in [-0.25, -0.2) is 14.4 Å². The van der Waals surface area contributed by atoms with Crippen molar-refractivity contribution in [3.8, 4) is 11.5 Å². The number of carbonyl (C=O) groups is 4. The number of esters is 3. The van der Waals surface area contributed by atoms with Gasteiger partial charge in [0.25, 0.3) is 0 Å². The van der Waals surface area contributed by atoms with Crippen molar-refractivity contribution in [2.75, 3.05) is 13.6 Å². The number of likely N-dealkylation sites (tertiary alicyclic amines) is 1. The Hall–Kier alpha value is -3.68. The van der Waals surface area contributed by atoms with E-state index in [0.717, 1.165) is 19.4 Å². The summed E-state index contributed by atoms with van der Waals surface area (Å²) in [6, 6.07) is 3.02. The van der Waals surface area contributed by atoms with Crippen LogP contribution < -0.4 is 4.74 Å². The van der Waals surface area contributed by atoms with E-state index in [4.69, 9.17) is 19.3 Å². The number of likely N-dealkylation sites (N-methyl/N-ethyl adjacent to an activating group) is 1. The van der Waals surface area contributed by atoms with Crippen molar-refractivity contribution in [2.24, 2.45) is 0 Å². The first-order chi connectivity index (χ1) is 18.3. The molecule has 7 atom stereocenters. The zero-order valence-electron chi connectivity index (χ0n) is 21.4. The largest absolute Gasteiger partial charge is 0.504 e. The van der Waals surface area contributed by atoms with Crippen LogP contribution in [0.3, 0.4) is 0 Å². The fourth-order valence-corrected chi connectivity index (χ4v) is 6.45. The van der Waals surface area contributed by atoms with Gasteiger partial charge in [-0.05, 0) is 51.1 Å². The maximum Gasteiger partial charge on any atom is 0.351 e. The minimum atomic E-state index is -2.37. The number of carbonyl (C=O) groups excluding carboxylic acids is 3. The van der Waals surface area contributed by atoms with Crippen LogP contribution in [0.2, 0.25) is 0 Å². The third-order valence-electron chi connectivity index (χ3n) is 8.27. The Labute approximate surface area is 222 Å². The van der Waals surface area contributed by atoms with Crippen molar-refractivity contribution in [1.82, 2.24) is 4.90 Å². The highest BCUT2D eigenvalue weighted by Crippen LogP contribution is 2.65. The molecule has 1 fully saturated rings. The zero-order chi connectivity index (χ0) is 28.4. The summed E-state index contributed by atoms with van der Waals surface area (Å²) in [7, 11) is 1.92. The van der Waals surface area contributed by atoms with E-state index in [0.29, 0.717) is 24.9 Å². The Bertz CT molecular complexity index is 1290. The third kappa shape index (κ3) is 3.86. The lowest BCUT2D eigenvalue weighted by Gasteiger charge is -2.61. The third-order valence-corrected chi connectivity index (χ3v) is 8.27. The van der Waals surface area contributed by atoms with Gasteiger partial charge in [0.15, 0.2) is 29.8 Å². The summed E-state index contributed by atoms with van der Waals surface area (Å²) < 4.78 is 21.1. The van der Waals surface area contributed by atoms with Crippen LogP contribution in [-0.2, 0) is 45.2 Å². The Morgan fingerprint density at radius 1 is 1.18 bits per heavy atom. The summed E-state index contributed by atoms with van der Waals surface area (Å²) in [6.07, 6.45) is -4.78. The SMILES string of the molecule is CC(=O)O[C@@H](C(=O)O[C@@H](C)C(=O)O)[C@@H](O)C(=O)OC1=CC[C@@]2(O)[C@H]3Cc4ccc(O)c5c4[C@@]2(CCN3C)[C@H]1O5. The van der Waals surface area contributed by atoms with Crippen LogP contribution in [-0.4, -0.2) is 98.9 Å². The number of phenolic OH excluding ortho intramolecular Hbond substituents is 1. The van der Waals surface area contributed by atoms with Gasteiger partial charge >= 0.3 is 23.9 Å². The molecular formula is C26H29NO12. The molecule has 2 heterocycles. The lowest BCUT2D eigenvalue weighted by Crippen LogP contribution is -2.74. The molecule has 2 bridgehead atoms. The van der Waals surface area contributed by atoms with Gasteiger partial charge in [-0.1, -0.05) is 6.07 Å². The first-order valence-corrected chi connectivity index (χ1v) is 12.5. The van der Waals surface area contributed by atoms with Crippen LogP contribution in [0.1, 0.15) is 37.8 Å². The van der Waals surface area contributed by atoms with E-state index in [2.05, 4.69) is 9.64 Å². The number of hydrogen-bond donors (Lipinski definition) is 4. The number of benzene rings is 1. The number of piperidine rings is 1. The van der Waals surface area contributed by atoms with Crippen LogP contribution in [0.5, 0.6) is 11.5 Å². The molecule has 0 radical (unpaired) electrons. The van der Waals surface area contributed by atoms with Gasteiger partial charge in [0.1, 0.15) is 5.76 Å². The van der Waals surface area contributed by atoms with Crippen molar-refractivity contribution >= 4 is 23.9 Å². The average Bonchev–Trinajstić information content (AvgIpc) is 3.23. The van der Waals surface area contributed by atoms with Crippen molar-refractivity contribution in [1.29, 1.82) is 0 Å². The maximum atomic E-state index is 13.0. The van der Waals surface area contributed by atoms with Crippen LogP contribution in [0.15, 0.2) is 24.0 Å². The molecule has 1 saturated heterocycles. The second-order valence-corrected chi connectivity index (χ2v) is 10.4. The lowest BCUT2D eigenvalue weighted by atomic mass is 9.50. The molecular weight excluding hydrogens is 518 g/mol. The smallest absolute Gasteiger partial charge is 0.351 e. The van der Waals surface area contributed by atoms with Gasteiger partial charge in [0.05, 0.1) is 11.0 Å². The average molecular weight is 548 g/mol. The van der Waals surface area contributed by atoms with E-state index >= 15 is 0 Å². The fourth-order valence-electron chi connectivity index (χ4n) is 6.45. The van der Waals surface area contributed by atoms with Crippen molar-refractivity contribution in [2.45, 2.75) is 74.6 Å². The first-order valence-electron chi connectivity index (χ1n) is 12.5. The van der Waals surface area contributed by atoms with E-state index in [1.807, 2.05) is 7.05 Å². The molecule has 2 aliphatic heterocycles. The highest BCUT2D eigenvalue weighted by Gasteiger charge is 2.72. The second-order valence-electron chi connectivity index (χ2n) is 10.4. The fraction of sp³-hybridized carbons (Fsp3) is 0.538. The number of carboxylic acids is 1. The molecule has 4 aliphatic rings. The predicted molar refractivity (Wildman–Crippen MR) is 127 cm³/mol. The minimum Gasteiger partial charge on any atom is -0.504 e. The number of hydrogen-bond acceptors (Lipinski definition) is 12. The second kappa shape index (κ2) is 9.21. The predicted octanol–water partition coefficient (Wildman–Crippen LogP) is -0.478. The van der Waals surface area contributed by atoms with Gasteiger partial charge in [-0.15, -0.1) is 0 Å². The maximum absolute atomic E-state index is 13.0. The van der Waals surface area contributed by atoms with Gasteiger partial charge in [0, 0.05) is 24.9 Å². The first kappa shape index (κ1) is 26.9. The molecule has 0 amide bonds. The van der Waals surface area contributed by atoms with Gasteiger partial charge in [-0.2, -0.15) is 0 Å². The molecule has 1 aromatic carbocycles. The van der Waals surface area contributed by atoms with E-state index in [1.165, 1.54) is 12.1 Å². The number of carboxylic acid groups (broad SMARTS) is 1. The molecule has 4 N–H and O–H groups in total. The summed E-state index contributed by atoms with van der Waals surface area (Å²) in [5, 5.41) is 42.4. The van der Waals surface area contributed by atoms with Gasteiger partial charge in [-0.3, -0.25) is 4.79 Å². The summed E-state index contributed by atoms with van der Waals surface area (Å²) >= 11 is 0. The summed E-state index contributed by atoms with van der Waals surface area (Å²) in [5.41, 5.74) is -0.830. The number of aliphatic carboxylic acids is 1. The number of aliphatic hydroxyl groups is 2. The summed E-state index contributed by atoms with van der Waals surface area (Å²) in [6.45, 7) is 2.56. The highest BCUT2D eigenvalue weighted by molar-refractivity contribution is 5.89. The molecule has 13 nitrogen and oxygen atoms in total. The number of rotatable bonds is 7. The van der Waals surface area contributed by atoms with Crippen molar-refractivity contribution in [3.63, 3.8) is 0 Å². The van der Waals surface area contributed by atoms with Crippen LogP contribution in [0.4, 0.5) is 0 Å². The van der Waals surface area contributed by atoms with E-state index in [1.54, 1.807) is 6.07 Å². The molecule has 210 valence electrons. The number of nitrogens with zero attached hydrogens (tertiary/aromatic N) is 1. The summed E-state index contributed by atoms with van der Waals surface area (Å²) in [4.78, 5) is 50.2. The number of aliphatic hydroxyl groups excluding tert-OH is 1. The number of aromatic hydroxyl groups is 1. The quantitative estimate of drug-likeness (QED) is 0.253. The van der Waals surface area contributed by atoms with E-state index < -0.39 is 59.3 Å². The molecule has 39 heavy (non-hydrogen) atoms. The molecule has 0 unspecified atom stereocenters. The molecule has 0 saturated carbocycles. The van der Waals surface area contributed by atoms with Crippen LogP contribution >= 0.6 is 0 Å². The monoisotopic (exact) mass is 547 g/mol. The van der Waals surface area contributed by atoms with E-state index in [-0.39, 0.29) is 29.7 Å². The molecule has 2 aliphatic carbocycles. The Morgan fingerprint density at radius 3 is 2.56 bits per heavy atom. The Balaban J connectivity index is 1.46. The van der Waals surface area contributed by atoms with Crippen LogP contribution in [0.25, 0.3) is 0 Å². The molecule has 0 aromatic heterocycles. The molecule has 13 heteroatoms.